The Morgan fingerprint density at radius 1 is 1.20 bits per heavy atom. The minimum atomic E-state index is -0.915. The van der Waals surface area contributed by atoms with Crippen LogP contribution in [-0.4, -0.2) is 30.4 Å². The molecule has 1 fully saturated rings. The van der Waals surface area contributed by atoms with Gasteiger partial charge in [0.25, 0.3) is 0 Å². The molecule has 1 saturated carbocycles. The number of ether oxygens (including phenoxy) is 2. The SMILES string of the molecule is COc1cc(OC)c(C2(C(=O)O)CCCC2)cc1CO. The van der Waals surface area contributed by atoms with Crippen molar-refractivity contribution in [3.63, 3.8) is 0 Å². The maximum Gasteiger partial charge on any atom is 0.314 e. The molecule has 0 unspecified atom stereocenters. The van der Waals surface area contributed by atoms with Crippen LogP contribution in [0.3, 0.4) is 0 Å². The van der Waals surface area contributed by atoms with E-state index in [0.717, 1.165) is 12.8 Å². The average molecular weight is 280 g/mol. The Balaban J connectivity index is 2.62. The highest BCUT2D eigenvalue weighted by molar-refractivity contribution is 5.83. The molecule has 5 heteroatoms. The Bertz CT molecular complexity index is 503. The summed E-state index contributed by atoms with van der Waals surface area (Å²) in [6, 6.07) is 3.36. The second-order valence-corrected chi connectivity index (χ2v) is 5.12. The van der Waals surface area contributed by atoms with E-state index in [2.05, 4.69) is 0 Å². The number of carboxylic acid groups (broad SMARTS) is 1. The van der Waals surface area contributed by atoms with Crippen LogP contribution < -0.4 is 9.47 Å². The Morgan fingerprint density at radius 2 is 1.80 bits per heavy atom. The summed E-state index contributed by atoms with van der Waals surface area (Å²) in [6.07, 6.45) is 2.96. The zero-order chi connectivity index (χ0) is 14.8. The third kappa shape index (κ3) is 2.22. The molecule has 1 aromatic carbocycles. The Kier molecular flexibility index (Phi) is 4.18. The molecule has 1 aromatic rings. The highest BCUT2D eigenvalue weighted by Crippen LogP contribution is 2.46. The number of hydrogen-bond donors (Lipinski definition) is 2. The van der Waals surface area contributed by atoms with Gasteiger partial charge < -0.3 is 19.7 Å². The van der Waals surface area contributed by atoms with E-state index in [1.165, 1.54) is 14.2 Å². The molecule has 2 rings (SSSR count). The Hall–Kier alpha value is -1.75. The summed E-state index contributed by atoms with van der Waals surface area (Å²) in [6.45, 7) is -0.199. The van der Waals surface area contributed by atoms with E-state index in [1.54, 1.807) is 12.1 Å². The minimum absolute atomic E-state index is 0.199. The summed E-state index contributed by atoms with van der Waals surface area (Å²) >= 11 is 0. The van der Waals surface area contributed by atoms with Crippen molar-refractivity contribution in [1.82, 2.24) is 0 Å². The van der Waals surface area contributed by atoms with Crippen LogP contribution in [-0.2, 0) is 16.8 Å². The lowest BCUT2D eigenvalue weighted by Gasteiger charge is -2.27. The summed E-state index contributed by atoms with van der Waals surface area (Å²) in [5.41, 5.74) is 0.298. The molecule has 0 atom stereocenters. The van der Waals surface area contributed by atoms with Crippen LogP contribution in [0.2, 0.25) is 0 Å². The first-order valence-corrected chi connectivity index (χ1v) is 6.68. The van der Waals surface area contributed by atoms with Gasteiger partial charge in [-0.2, -0.15) is 0 Å². The summed E-state index contributed by atoms with van der Waals surface area (Å²) in [5, 5.41) is 19.1. The molecular weight excluding hydrogens is 260 g/mol. The Morgan fingerprint density at radius 3 is 2.25 bits per heavy atom. The minimum Gasteiger partial charge on any atom is -0.496 e. The van der Waals surface area contributed by atoms with Crippen LogP contribution in [0, 0.1) is 0 Å². The van der Waals surface area contributed by atoms with Crippen molar-refractivity contribution in [2.75, 3.05) is 14.2 Å². The molecule has 1 aliphatic rings. The van der Waals surface area contributed by atoms with Crippen LogP contribution in [0.1, 0.15) is 36.8 Å². The normalized spacial score (nSPS) is 16.9. The molecule has 1 aliphatic carbocycles. The van der Waals surface area contributed by atoms with Crippen LogP contribution >= 0.6 is 0 Å². The van der Waals surface area contributed by atoms with Gasteiger partial charge in [-0.15, -0.1) is 0 Å². The van der Waals surface area contributed by atoms with Crippen molar-refractivity contribution in [2.45, 2.75) is 37.7 Å². The third-order valence-corrected chi connectivity index (χ3v) is 4.15. The fourth-order valence-corrected chi connectivity index (χ4v) is 3.04. The number of rotatable bonds is 5. The zero-order valence-electron chi connectivity index (χ0n) is 11.8. The standard InChI is InChI=1S/C15H20O5/c1-19-12-8-13(20-2)11(7-10(12)9-16)15(14(17)18)5-3-4-6-15/h7-8,16H,3-6,9H2,1-2H3,(H,17,18). The van der Waals surface area contributed by atoms with Crippen LogP contribution in [0.5, 0.6) is 11.5 Å². The van der Waals surface area contributed by atoms with Crippen LogP contribution in [0.4, 0.5) is 0 Å². The number of hydrogen-bond acceptors (Lipinski definition) is 4. The fourth-order valence-electron chi connectivity index (χ4n) is 3.04. The van der Waals surface area contributed by atoms with Gasteiger partial charge in [0, 0.05) is 17.2 Å². The highest BCUT2D eigenvalue weighted by Gasteiger charge is 2.45. The molecule has 0 radical (unpaired) electrons. The zero-order valence-corrected chi connectivity index (χ0v) is 11.8. The van der Waals surface area contributed by atoms with E-state index < -0.39 is 11.4 Å². The lowest BCUT2D eigenvalue weighted by molar-refractivity contribution is -0.143. The van der Waals surface area contributed by atoms with Gasteiger partial charge in [0.05, 0.1) is 26.2 Å². The molecule has 0 bridgehead atoms. The molecule has 0 heterocycles. The van der Waals surface area contributed by atoms with Crippen molar-refractivity contribution >= 4 is 5.97 Å². The van der Waals surface area contributed by atoms with E-state index >= 15 is 0 Å². The van der Waals surface area contributed by atoms with Crippen LogP contribution in [0.25, 0.3) is 0 Å². The molecule has 20 heavy (non-hydrogen) atoms. The summed E-state index contributed by atoms with van der Waals surface area (Å²) in [5.74, 6) is 0.178. The van der Waals surface area contributed by atoms with E-state index in [4.69, 9.17) is 9.47 Å². The number of methoxy groups -OCH3 is 2. The number of benzene rings is 1. The smallest absolute Gasteiger partial charge is 0.314 e. The number of aliphatic hydroxyl groups is 1. The lowest BCUT2D eigenvalue weighted by atomic mass is 9.77. The first-order chi connectivity index (χ1) is 9.58. The predicted molar refractivity (Wildman–Crippen MR) is 73.3 cm³/mol. The molecule has 0 aromatic heterocycles. The van der Waals surface area contributed by atoms with E-state index in [0.29, 0.717) is 35.5 Å². The summed E-state index contributed by atoms with van der Waals surface area (Å²) < 4.78 is 10.6. The van der Waals surface area contributed by atoms with Gasteiger partial charge in [-0.25, -0.2) is 0 Å². The molecule has 5 nitrogen and oxygen atoms in total. The van der Waals surface area contributed by atoms with Gasteiger partial charge in [0.2, 0.25) is 0 Å². The molecule has 0 amide bonds. The quantitative estimate of drug-likeness (QED) is 0.863. The van der Waals surface area contributed by atoms with E-state index in [-0.39, 0.29) is 6.61 Å². The maximum absolute atomic E-state index is 11.8. The topological polar surface area (TPSA) is 76.0 Å². The largest absolute Gasteiger partial charge is 0.496 e. The molecular formula is C15H20O5. The van der Waals surface area contributed by atoms with Crippen molar-refractivity contribution in [3.8, 4) is 11.5 Å². The van der Waals surface area contributed by atoms with Gasteiger partial charge in [0.1, 0.15) is 11.5 Å². The third-order valence-electron chi connectivity index (χ3n) is 4.15. The lowest BCUT2D eigenvalue weighted by Crippen LogP contribution is -2.33. The van der Waals surface area contributed by atoms with Gasteiger partial charge in [-0.3, -0.25) is 4.79 Å². The summed E-state index contributed by atoms with van der Waals surface area (Å²) in [7, 11) is 3.03. The van der Waals surface area contributed by atoms with Gasteiger partial charge >= 0.3 is 5.97 Å². The monoisotopic (exact) mass is 280 g/mol. The van der Waals surface area contributed by atoms with Crippen molar-refractivity contribution in [3.05, 3.63) is 23.3 Å². The molecule has 0 aliphatic heterocycles. The number of carbonyl (C=O) groups is 1. The molecule has 110 valence electrons. The first-order valence-electron chi connectivity index (χ1n) is 6.68. The second-order valence-electron chi connectivity index (χ2n) is 5.12. The number of carboxylic acids is 1. The first kappa shape index (κ1) is 14.7. The van der Waals surface area contributed by atoms with Crippen molar-refractivity contribution < 1.29 is 24.5 Å². The maximum atomic E-state index is 11.8. The average Bonchev–Trinajstić information content (AvgIpc) is 2.96. The predicted octanol–water partition coefficient (Wildman–Crippen LogP) is 2.09. The summed E-state index contributed by atoms with van der Waals surface area (Å²) in [4.78, 5) is 11.8. The van der Waals surface area contributed by atoms with Crippen molar-refractivity contribution in [2.24, 2.45) is 0 Å². The van der Waals surface area contributed by atoms with Gasteiger partial charge in [-0.05, 0) is 18.9 Å². The van der Waals surface area contributed by atoms with Crippen molar-refractivity contribution in [1.29, 1.82) is 0 Å². The molecule has 0 saturated heterocycles. The highest BCUT2D eigenvalue weighted by atomic mass is 16.5. The van der Waals surface area contributed by atoms with Crippen LogP contribution in [0.15, 0.2) is 12.1 Å². The van der Waals surface area contributed by atoms with E-state index in [1.807, 2.05) is 0 Å². The van der Waals surface area contributed by atoms with Gasteiger partial charge in [0.15, 0.2) is 0 Å². The number of aliphatic hydroxyl groups excluding tert-OH is 1. The molecule has 0 spiro atoms. The second kappa shape index (κ2) is 5.71. The van der Waals surface area contributed by atoms with E-state index in [9.17, 15) is 15.0 Å². The fraction of sp³-hybridized carbons (Fsp3) is 0.533. The molecule has 2 N–H and O–H groups in total. The number of aliphatic carboxylic acids is 1. The van der Waals surface area contributed by atoms with Gasteiger partial charge in [-0.1, -0.05) is 12.8 Å². The Labute approximate surface area is 118 Å².